The maximum atomic E-state index is 5.61. The predicted octanol–water partition coefficient (Wildman–Crippen LogP) is 3.59. The van der Waals surface area contributed by atoms with E-state index in [0.29, 0.717) is 6.04 Å². The van der Waals surface area contributed by atoms with Crippen molar-refractivity contribution in [3.8, 4) is 5.75 Å². The molecule has 1 aromatic rings. The van der Waals surface area contributed by atoms with Crippen LogP contribution in [0.15, 0.2) is 25.0 Å². The van der Waals surface area contributed by atoms with Gasteiger partial charge in [-0.1, -0.05) is 6.08 Å². The zero-order valence-corrected chi connectivity index (χ0v) is 10.4. The van der Waals surface area contributed by atoms with Crippen molar-refractivity contribution in [2.75, 3.05) is 6.61 Å². The minimum atomic E-state index is 0.393. The van der Waals surface area contributed by atoms with Crippen LogP contribution >= 0.6 is 0 Å². The van der Waals surface area contributed by atoms with Crippen LogP contribution in [0, 0.1) is 0 Å². The van der Waals surface area contributed by atoms with E-state index in [1.165, 1.54) is 12.8 Å². The van der Waals surface area contributed by atoms with E-state index in [4.69, 9.17) is 4.74 Å². The van der Waals surface area contributed by atoms with Gasteiger partial charge in [0.2, 0.25) is 0 Å². The molecule has 1 heterocycles. The lowest BCUT2D eigenvalue weighted by Gasteiger charge is -2.04. The van der Waals surface area contributed by atoms with E-state index in [1.54, 1.807) is 6.20 Å². The number of hydrogen-bond donors (Lipinski definition) is 0. The van der Waals surface area contributed by atoms with Gasteiger partial charge in [-0.25, -0.2) is 0 Å². The smallest absolute Gasteiger partial charge is 0.157 e. The van der Waals surface area contributed by atoms with Crippen LogP contribution in [0.1, 0.15) is 45.6 Å². The molecule has 0 radical (unpaired) electrons. The van der Waals surface area contributed by atoms with E-state index in [1.807, 2.05) is 17.0 Å². The number of aromatic nitrogens is 2. The molecule has 3 nitrogen and oxygen atoms in total. The summed E-state index contributed by atoms with van der Waals surface area (Å²) in [4.78, 5) is 0. The van der Waals surface area contributed by atoms with Crippen LogP contribution in [-0.4, -0.2) is 16.4 Å². The van der Waals surface area contributed by atoms with Crippen LogP contribution in [0.25, 0.3) is 0 Å². The highest BCUT2D eigenvalue weighted by atomic mass is 16.5. The Morgan fingerprint density at radius 1 is 1.44 bits per heavy atom. The molecule has 16 heavy (non-hydrogen) atoms. The van der Waals surface area contributed by atoms with Crippen molar-refractivity contribution in [3.05, 3.63) is 25.0 Å². The first-order chi connectivity index (χ1) is 7.74. The molecular weight excluding hydrogens is 200 g/mol. The summed E-state index contributed by atoms with van der Waals surface area (Å²) in [6.45, 7) is 8.69. The monoisotopic (exact) mass is 222 g/mol. The fourth-order valence-corrected chi connectivity index (χ4v) is 1.44. The van der Waals surface area contributed by atoms with Crippen molar-refractivity contribution in [3.63, 3.8) is 0 Å². The molecule has 90 valence electrons. The predicted molar refractivity (Wildman–Crippen MR) is 66.8 cm³/mol. The molecule has 0 aromatic carbocycles. The highest BCUT2D eigenvalue weighted by molar-refractivity contribution is 5.11. The Labute approximate surface area is 98.1 Å². The third-order valence-corrected chi connectivity index (χ3v) is 2.43. The van der Waals surface area contributed by atoms with Crippen molar-refractivity contribution in [1.29, 1.82) is 0 Å². The SMILES string of the molecule is C=CCCCCCOc1cnn(C(C)C)c1. The summed E-state index contributed by atoms with van der Waals surface area (Å²) in [6.07, 6.45) is 10.3. The average Bonchev–Trinajstić information content (AvgIpc) is 2.72. The van der Waals surface area contributed by atoms with E-state index in [-0.39, 0.29) is 0 Å². The van der Waals surface area contributed by atoms with Crippen LogP contribution < -0.4 is 4.74 Å². The Balaban J connectivity index is 2.14. The summed E-state index contributed by atoms with van der Waals surface area (Å²) in [5.74, 6) is 0.873. The number of allylic oxidation sites excluding steroid dienone is 1. The maximum Gasteiger partial charge on any atom is 0.157 e. The van der Waals surface area contributed by atoms with Gasteiger partial charge in [-0.05, 0) is 39.5 Å². The first kappa shape index (κ1) is 12.8. The molecule has 0 aliphatic rings. The second kappa shape index (κ2) is 7.09. The fourth-order valence-electron chi connectivity index (χ4n) is 1.44. The fraction of sp³-hybridized carbons (Fsp3) is 0.615. The number of rotatable bonds is 8. The second-order valence-corrected chi connectivity index (χ2v) is 4.24. The quantitative estimate of drug-likeness (QED) is 0.496. The zero-order chi connectivity index (χ0) is 11.8. The molecule has 0 atom stereocenters. The number of ether oxygens (including phenoxy) is 1. The summed E-state index contributed by atoms with van der Waals surface area (Å²) >= 11 is 0. The molecule has 3 heteroatoms. The van der Waals surface area contributed by atoms with E-state index < -0.39 is 0 Å². The number of hydrogen-bond acceptors (Lipinski definition) is 2. The standard InChI is InChI=1S/C13H22N2O/c1-4-5-6-7-8-9-16-13-10-14-15(11-13)12(2)3/h4,10-12H,1,5-9H2,2-3H3. The summed E-state index contributed by atoms with van der Waals surface area (Å²) in [6, 6.07) is 0.393. The molecule has 0 saturated carbocycles. The topological polar surface area (TPSA) is 27.1 Å². The molecule has 0 fully saturated rings. The highest BCUT2D eigenvalue weighted by Gasteiger charge is 2.01. The lowest BCUT2D eigenvalue weighted by Crippen LogP contribution is -2.00. The average molecular weight is 222 g/mol. The van der Waals surface area contributed by atoms with Gasteiger partial charge in [-0.3, -0.25) is 4.68 Å². The van der Waals surface area contributed by atoms with Crippen molar-refractivity contribution in [2.24, 2.45) is 0 Å². The van der Waals surface area contributed by atoms with Gasteiger partial charge in [0.15, 0.2) is 5.75 Å². The van der Waals surface area contributed by atoms with Crippen LogP contribution in [0.2, 0.25) is 0 Å². The van der Waals surface area contributed by atoms with Gasteiger partial charge in [0, 0.05) is 6.04 Å². The van der Waals surface area contributed by atoms with Crippen LogP contribution in [0.4, 0.5) is 0 Å². The third-order valence-electron chi connectivity index (χ3n) is 2.43. The Kier molecular flexibility index (Phi) is 5.68. The minimum Gasteiger partial charge on any atom is -0.490 e. The van der Waals surface area contributed by atoms with Gasteiger partial charge >= 0.3 is 0 Å². The molecule has 0 amide bonds. The first-order valence-electron chi connectivity index (χ1n) is 6.02. The van der Waals surface area contributed by atoms with Crippen LogP contribution in [0.5, 0.6) is 5.75 Å². The van der Waals surface area contributed by atoms with E-state index >= 15 is 0 Å². The molecular formula is C13H22N2O. The first-order valence-corrected chi connectivity index (χ1v) is 6.02. The van der Waals surface area contributed by atoms with Crippen molar-refractivity contribution >= 4 is 0 Å². The maximum absolute atomic E-state index is 5.61. The Hall–Kier alpha value is -1.25. The normalized spacial score (nSPS) is 10.7. The van der Waals surface area contributed by atoms with E-state index in [0.717, 1.165) is 25.2 Å². The van der Waals surface area contributed by atoms with Gasteiger partial charge in [0.25, 0.3) is 0 Å². The van der Waals surface area contributed by atoms with Gasteiger partial charge in [-0.15, -0.1) is 6.58 Å². The molecule has 0 aliphatic heterocycles. The molecule has 0 aliphatic carbocycles. The summed E-state index contributed by atoms with van der Waals surface area (Å²) in [7, 11) is 0. The van der Waals surface area contributed by atoms with Crippen molar-refractivity contribution in [1.82, 2.24) is 9.78 Å². The van der Waals surface area contributed by atoms with Gasteiger partial charge in [0.1, 0.15) is 0 Å². The Bertz CT molecular complexity index is 305. The van der Waals surface area contributed by atoms with Gasteiger partial charge in [-0.2, -0.15) is 5.10 Å². The molecule has 0 bridgehead atoms. The van der Waals surface area contributed by atoms with Crippen molar-refractivity contribution in [2.45, 2.75) is 45.6 Å². The molecule has 0 N–H and O–H groups in total. The number of nitrogens with zero attached hydrogens (tertiary/aromatic N) is 2. The van der Waals surface area contributed by atoms with Gasteiger partial charge < -0.3 is 4.74 Å². The highest BCUT2D eigenvalue weighted by Crippen LogP contribution is 2.13. The lowest BCUT2D eigenvalue weighted by atomic mass is 10.2. The summed E-state index contributed by atoms with van der Waals surface area (Å²) in [5.41, 5.74) is 0. The summed E-state index contributed by atoms with van der Waals surface area (Å²) in [5, 5.41) is 4.22. The molecule has 0 unspecified atom stereocenters. The van der Waals surface area contributed by atoms with Crippen molar-refractivity contribution < 1.29 is 4.74 Å². The minimum absolute atomic E-state index is 0.393. The molecule has 1 rings (SSSR count). The molecule has 0 saturated heterocycles. The summed E-state index contributed by atoms with van der Waals surface area (Å²) < 4.78 is 7.52. The molecule has 1 aromatic heterocycles. The lowest BCUT2D eigenvalue weighted by molar-refractivity contribution is 0.305. The number of unbranched alkanes of at least 4 members (excludes halogenated alkanes) is 3. The third kappa shape index (κ3) is 4.51. The van der Waals surface area contributed by atoms with Crippen LogP contribution in [0.3, 0.4) is 0 Å². The Morgan fingerprint density at radius 3 is 2.88 bits per heavy atom. The van der Waals surface area contributed by atoms with Crippen LogP contribution in [-0.2, 0) is 0 Å². The van der Waals surface area contributed by atoms with Gasteiger partial charge in [0.05, 0.1) is 19.0 Å². The second-order valence-electron chi connectivity index (χ2n) is 4.24. The molecule has 0 spiro atoms. The largest absolute Gasteiger partial charge is 0.490 e. The van der Waals surface area contributed by atoms with E-state index in [2.05, 4.69) is 25.5 Å². The Morgan fingerprint density at radius 2 is 2.25 bits per heavy atom. The van der Waals surface area contributed by atoms with E-state index in [9.17, 15) is 0 Å². The zero-order valence-electron chi connectivity index (χ0n) is 10.4.